The van der Waals surface area contributed by atoms with Crippen molar-refractivity contribution in [2.24, 2.45) is 0 Å². The molecule has 1 aromatic rings. The van der Waals surface area contributed by atoms with Crippen LogP contribution in [0.2, 0.25) is 0 Å². The number of hydrogen-bond donors (Lipinski definition) is 0. The van der Waals surface area contributed by atoms with E-state index < -0.39 is 0 Å². The summed E-state index contributed by atoms with van der Waals surface area (Å²) in [5, 5.41) is 0. The second-order valence-corrected chi connectivity index (χ2v) is 4.04. The van der Waals surface area contributed by atoms with E-state index in [9.17, 15) is 0 Å². The van der Waals surface area contributed by atoms with Gasteiger partial charge >= 0.3 is 0 Å². The Balaban J connectivity index is 2.37. The number of fused-ring (bicyclic) bond motifs is 1. The van der Waals surface area contributed by atoms with Crippen molar-refractivity contribution in [2.45, 2.75) is 17.4 Å². The summed E-state index contributed by atoms with van der Waals surface area (Å²) in [6.45, 7) is 0. The number of methoxy groups -OCH3 is 1. The molecule has 0 saturated heterocycles. The third-order valence-corrected chi connectivity index (χ3v) is 3.31. The van der Waals surface area contributed by atoms with Crippen LogP contribution in [0.5, 0.6) is 0 Å². The first-order chi connectivity index (χ1) is 5.92. The highest BCUT2D eigenvalue weighted by molar-refractivity contribution is 7.99. The Morgan fingerprint density at radius 1 is 1.42 bits per heavy atom. The smallest absolute Gasteiger partial charge is 0.0839 e. The number of rotatable bonds is 1. The highest BCUT2D eigenvalue weighted by atomic mass is 32.2. The maximum atomic E-state index is 5.40. The monoisotopic (exact) mass is 180 g/mol. The van der Waals surface area contributed by atoms with Crippen molar-refractivity contribution in [2.75, 3.05) is 12.9 Å². The molecule has 0 N–H and O–H groups in total. The molecule has 12 heavy (non-hydrogen) atoms. The lowest BCUT2D eigenvalue weighted by atomic mass is 10.1. The molecule has 0 bridgehead atoms. The second kappa shape index (κ2) is 3.50. The van der Waals surface area contributed by atoms with Crippen molar-refractivity contribution in [3.8, 4) is 0 Å². The highest BCUT2D eigenvalue weighted by Gasteiger charge is 2.18. The van der Waals surface area contributed by atoms with Gasteiger partial charge in [-0.05, 0) is 18.1 Å². The van der Waals surface area contributed by atoms with E-state index in [4.69, 9.17) is 4.74 Å². The lowest BCUT2D eigenvalue weighted by Gasteiger charge is -2.23. The van der Waals surface area contributed by atoms with Gasteiger partial charge in [-0.15, -0.1) is 11.8 Å². The third-order valence-electron chi connectivity index (χ3n) is 2.19. The van der Waals surface area contributed by atoms with Crippen LogP contribution in [-0.4, -0.2) is 12.9 Å². The zero-order valence-corrected chi connectivity index (χ0v) is 7.93. The molecule has 0 spiro atoms. The molecule has 2 heteroatoms. The molecule has 0 radical (unpaired) electrons. The van der Waals surface area contributed by atoms with Crippen molar-refractivity contribution >= 4 is 11.8 Å². The van der Waals surface area contributed by atoms with Crippen molar-refractivity contribution in [3.05, 3.63) is 29.8 Å². The minimum atomic E-state index is 0.322. The molecule has 64 valence electrons. The third kappa shape index (κ3) is 1.37. The minimum Gasteiger partial charge on any atom is -0.377 e. The molecule has 1 aliphatic heterocycles. The Morgan fingerprint density at radius 3 is 3.08 bits per heavy atom. The number of hydrogen-bond acceptors (Lipinski definition) is 2. The summed E-state index contributed by atoms with van der Waals surface area (Å²) in [5.74, 6) is 1.18. The van der Waals surface area contributed by atoms with Crippen LogP contribution in [0.4, 0.5) is 0 Å². The maximum Gasteiger partial charge on any atom is 0.0839 e. The molecule has 1 aromatic carbocycles. The van der Waals surface area contributed by atoms with E-state index in [2.05, 4.69) is 24.3 Å². The molecule has 0 aromatic heterocycles. The van der Waals surface area contributed by atoms with Gasteiger partial charge in [-0.1, -0.05) is 18.2 Å². The average Bonchev–Trinajstić information content (AvgIpc) is 2.17. The maximum absolute atomic E-state index is 5.40. The van der Waals surface area contributed by atoms with Gasteiger partial charge in [0.15, 0.2) is 0 Å². The summed E-state index contributed by atoms with van der Waals surface area (Å²) in [6, 6.07) is 8.50. The summed E-state index contributed by atoms with van der Waals surface area (Å²) in [4.78, 5) is 1.38. The van der Waals surface area contributed by atoms with Crippen molar-refractivity contribution < 1.29 is 4.74 Å². The Hall–Kier alpha value is -0.470. The molecule has 1 nitrogen and oxygen atoms in total. The topological polar surface area (TPSA) is 9.23 Å². The van der Waals surface area contributed by atoms with Crippen molar-refractivity contribution in [1.29, 1.82) is 0 Å². The molecule has 1 aliphatic rings. The molecule has 0 saturated carbocycles. The summed E-state index contributed by atoms with van der Waals surface area (Å²) in [5.41, 5.74) is 1.36. The van der Waals surface area contributed by atoms with Crippen LogP contribution in [0.3, 0.4) is 0 Å². The zero-order valence-electron chi connectivity index (χ0n) is 7.12. The van der Waals surface area contributed by atoms with Crippen LogP contribution in [-0.2, 0) is 4.74 Å². The van der Waals surface area contributed by atoms with E-state index in [-0.39, 0.29) is 0 Å². The quantitative estimate of drug-likeness (QED) is 0.657. The molecule has 2 rings (SSSR count). The fourth-order valence-corrected chi connectivity index (χ4v) is 2.65. The van der Waals surface area contributed by atoms with E-state index in [0.29, 0.717) is 6.10 Å². The van der Waals surface area contributed by atoms with Gasteiger partial charge in [0.25, 0.3) is 0 Å². The molecular formula is C10H12OS. The van der Waals surface area contributed by atoms with Gasteiger partial charge in [0, 0.05) is 17.8 Å². The molecule has 0 aliphatic carbocycles. The van der Waals surface area contributed by atoms with Gasteiger partial charge in [-0.2, -0.15) is 0 Å². The predicted molar refractivity (Wildman–Crippen MR) is 51.5 cm³/mol. The van der Waals surface area contributed by atoms with Gasteiger partial charge < -0.3 is 4.74 Å². The first-order valence-corrected chi connectivity index (χ1v) is 5.15. The van der Waals surface area contributed by atoms with E-state index in [1.165, 1.54) is 16.2 Å². The first kappa shape index (κ1) is 8.14. The minimum absolute atomic E-state index is 0.322. The van der Waals surface area contributed by atoms with Gasteiger partial charge in [0.2, 0.25) is 0 Å². The molecule has 1 heterocycles. The normalized spacial score (nSPS) is 21.9. The van der Waals surface area contributed by atoms with Gasteiger partial charge in [0.05, 0.1) is 6.10 Å². The van der Waals surface area contributed by atoms with Gasteiger partial charge in [0.1, 0.15) is 0 Å². The SMILES string of the molecule is COC1CCSc2ccccc21. The zero-order chi connectivity index (χ0) is 8.39. The predicted octanol–water partition coefficient (Wildman–Crippen LogP) is 2.87. The summed E-state index contributed by atoms with van der Waals surface area (Å²) in [7, 11) is 1.79. The summed E-state index contributed by atoms with van der Waals surface area (Å²) in [6.07, 6.45) is 1.46. The van der Waals surface area contributed by atoms with Gasteiger partial charge in [-0.25, -0.2) is 0 Å². The average molecular weight is 180 g/mol. The Kier molecular flexibility index (Phi) is 2.38. The van der Waals surface area contributed by atoms with Crippen LogP contribution in [0.25, 0.3) is 0 Å². The molecule has 1 unspecified atom stereocenters. The molecule has 1 atom stereocenters. The lowest BCUT2D eigenvalue weighted by Crippen LogP contribution is -2.08. The van der Waals surface area contributed by atoms with Crippen LogP contribution >= 0.6 is 11.8 Å². The van der Waals surface area contributed by atoms with Crippen LogP contribution < -0.4 is 0 Å². The fourth-order valence-electron chi connectivity index (χ4n) is 1.55. The van der Waals surface area contributed by atoms with Crippen molar-refractivity contribution in [3.63, 3.8) is 0 Å². The Labute approximate surface area is 77.1 Å². The Bertz CT molecular complexity index is 272. The van der Waals surface area contributed by atoms with Gasteiger partial charge in [-0.3, -0.25) is 0 Å². The largest absolute Gasteiger partial charge is 0.377 e. The summed E-state index contributed by atoms with van der Waals surface area (Å²) < 4.78 is 5.40. The number of thioether (sulfide) groups is 1. The Morgan fingerprint density at radius 2 is 2.25 bits per heavy atom. The standard InChI is InChI=1S/C10H12OS/c1-11-9-6-7-12-10-5-3-2-4-8(9)10/h2-5,9H,6-7H2,1H3. The number of benzene rings is 1. The van der Waals surface area contributed by atoms with E-state index in [1.807, 2.05) is 11.8 Å². The van der Waals surface area contributed by atoms with Crippen LogP contribution in [0.15, 0.2) is 29.2 Å². The molecule has 0 fully saturated rings. The van der Waals surface area contributed by atoms with E-state index in [0.717, 1.165) is 6.42 Å². The van der Waals surface area contributed by atoms with E-state index >= 15 is 0 Å². The van der Waals surface area contributed by atoms with Crippen molar-refractivity contribution in [1.82, 2.24) is 0 Å². The lowest BCUT2D eigenvalue weighted by molar-refractivity contribution is 0.0974. The van der Waals surface area contributed by atoms with E-state index in [1.54, 1.807) is 7.11 Å². The fraction of sp³-hybridized carbons (Fsp3) is 0.400. The van der Waals surface area contributed by atoms with Crippen LogP contribution in [0, 0.1) is 0 Å². The molecule has 0 amide bonds. The second-order valence-electron chi connectivity index (χ2n) is 2.90. The summed E-state index contributed by atoms with van der Waals surface area (Å²) >= 11 is 1.93. The molecular weight excluding hydrogens is 168 g/mol. The van der Waals surface area contributed by atoms with Crippen LogP contribution in [0.1, 0.15) is 18.1 Å². The first-order valence-electron chi connectivity index (χ1n) is 4.16. The number of ether oxygens (including phenoxy) is 1. The highest BCUT2D eigenvalue weighted by Crippen LogP contribution is 2.37.